The van der Waals surface area contributed by atoms with Gasteiger partial charge in [0, 0.05) is 11.4 Å². The van der Waals surface area contributed by atoms with E-state index in [0.717, 1.165) is 11.4 Å². The number of anilines is 3. The lowest BCUT2D eigenvalue weighted by Gasteiger charge is -2.11. The van der Waals surface area contributed by atoms with Gasteiger partial charge in [-0.2, -0.15) is 0 Å². The largest absolute Gasteiger partial charge is 0.491 e. The Morgan fingerprint density at radius 1 is 0.963 bits per heavy atom. The van der Waals surface area contributed by atoms with Crippen LogP contribution in [0.1, 0.15) is 24.3 Å². The number of aromatic nitrogens is 2. The third-order valence-corrected chi connectivity index (χ3v) is 3.49. The fourth-order valence-electron chi connectivity index (χ4n) is 2.28. The number of hydrogen-bond donors (Lipinski definition) is 2. The Balaban J connectivity index is 1.61. The monoisotopic (exact) mass is 366 g/mol. The fraction of sp³-hybridized carbons (Fsp3) is 0.150. The van der Waals surface area contributed by atoms with Crippen molar-refractivity contribution in [1.82, 2.24) is 9.97 Å². The summed E-state index contributed by atoms with van der Waals surface area (Å²) >= 11 is 0. The van der Waals surface area contributed by atoms with E-state index in [0.29, 0.717) is 11.5 Å². The molecule has 0 aliphatic heterocycles. The minimum atomic E-state index is -0.421. The van der Waals surface area contributed by atoms with E-state index in [4.69, 9.17) is 4.74 Å². The maximum absolute atomic E-state index is 12.9. The lowest BCUT2D eigenvalue weighted by Crippen LogP contribution is -2.14. The molecule has 0 unspecified atom stereocenters. The topological polar surface area (TPSA) is 76.1 Å². The highest BCUT2D eigenvalue weighted by molar-refractivity contribution is 6.02. The minimum Gasteiger partial charge on any atom is -0.491 e. The molecule has 0 aliphatic rings. The Labute approximate surface area is 156 Å². The predicted octanol–water partition coefficient (Wildman–Crippen LogP) is 4.40. The van der Waals surface area contributed by atoms with Gasteiger partial charge in [-0.05, 0) is 62.4 Å². The molecular weight excluding hydrogens is 347 g/mol. The van der Waals surface area contributed by atoms with Crippen LogP contribution in [0.3, 0.4) is 0 Å². The summed E-state index contributed by atoms with van der Waals surface area (Å²) in [6, 6.07) is 13.0. The van der Waals surface area contributed by atoms with Crippen LogP contribution in [0.5, 0.6) is 5.75 Å². The van der Waals surface area contributed by atoms with Crippen molar-refractivity contribution in [1.29, 1.82) is 0 Å². The summed E-state index contributed by atoms with van der Waals surface area (Å²) < 4.78 is 18.5. The number of ether oxygens (including phenoxy) is 1. The molecule has 1 aromatic heterocycles. The Morgan fingerprint density at radius 2 is 1.63 bits per heavy atom. The Morgan fingerprint density at radius 3 is 2.22 bits per heavy atom. The van der Waals surface area contributed by atoms with Gasteiger partial charge in [0.1, 0.15) is 23.1 Å². The van der Waals surface area contributed by atoms with E-state index in [1.165, 1.54) is 36.7 Å². The van der Waals surface area contributed by atoms with Gasteiger partial charge in [0.15, 0.2) is 0 Å². The average molecular weight is 366 g/mol. The van der Waals surface area contributed by atoms with E-state index in [1.54, 1.807) is 0 Å². The van der Waals surface area contributed by atoms with Crippen LogP contribution in [0.2, 0.25) is 0 Å². The minimum absolute atomic E-state index is 0.114. The number of carbonyl (C=O) groups excluding carboxylic acids is 1. The summed E-state index contributed by atoms with van der Waals surface area (Å²) in [4.78, 5) is 20.5. The molecule has 0 aliphatic carbocycles. The molecule has 0 saturated heterocycles. The van der Waals surface area contributed by atoms with Crippen LogP contribution < -0.4 is 15.4 Å². The molecule has 0 fully saturated rings. The Bertz CT molecular complexity index is 895. The second kappa shape index (κ2) is 8.27. The smallest absolute Gasteiger partial charge is 0.275 e. The summed E-state index contributed by atoms with van der Waals surface area (Å²) in [7, 11) is 0. The first-order valence-corrected chi connectivity index (χ1v) is 8.42. The number of carbonyl (C=O) groups is 1. The third-order valence-electron chi connectivity index (χ3n) is 3.49. The first-order valence-electron chi connectivity index (χ1n) is 8.42. The van der Waals surface area contributed by atoms with Crippen molar-refractivity contribution < 1.29 is 13.9 Å². The first kappa shape index (κ1) is 18.3. The molecule has 0 bridgehead atoms. The van der Waals surface area contributed by atoms with Gasteiger partial charge < -0.3 is 15.4 Å². The SMILES string of the molecule is CC(C)Oc1ccc(Nc2cnc(C(=O)Nc3ccc(F)cc3)cn2)cc1. The highest BCUT2D eigenvalue weighted by atomic mass is 19.1. The van der Waals surface area contributed by atoms with Gasteiger partial charge in [-0.25, -0.2) is 14.4 Å². The number of benzene rings is 2. The van der Waals surface area contributed by atoms with Gasteiger partial charge in [0.25, 0.3) is 5.91 Å². The summed E-state index contributed by atoms with van der Waals surface area (Å²) in [5, 5.41) is 5.74. The second-order valence-electron chi connectivity index (χ2n) is 6.06. The highest BCUT2D eigenvalue weighted by Gasteiger charge is 2.09. The second-order valence-corrected chi connectivity index (χ2v) is 6.06. The van der Waals surface area contributed by atoms with Crippen molar-refractivity contribution >= 4 is 23.1 Å². The van der Waals surface area contributed by atoms with Gasteiger partial charge in [-0.3, -0.25) is 4.79 Å². The molecule has 138 valence electrons. The molecule has 1 amide bonds. The van der Waals surface area contributed by atoms with Crippen LogP contribution in [0.25, 0.3) is 0 Å². The van der Waals surface area contributed by atoms with E-state index < -0.39 is 5.91 Å². The molecule has 2 N–H and O–H groups in total. The van der Waals surface area contributed by atoms with Gasteiger partial charge >= 0.3 is 0 Å². The standard InChI is InChI=1S/C20H19FN4O2/c1-13(2)27-17-9-7-15(8-10-17)24-19-12-22-18(11-23-19)20(26)25-16-5-3-14(21)4-6-16/h3-13H,1-2H3,(H,23,24)(H,25,26). The molecule has 0 spiro atoms. The number of rotatable bonds is 6. The van der Waals surface area contributed by atoms with Gasteiger partial charge in [-0.15, -0.1) is 0 Å². The molecule has 3 aromatic rings. The predicted molar refractivity (Wildman–Crippen MR) is 102 cm³/mol. The van der Waals surface area contributed by atoms with Crippen molar-refractivity contribution in [2.24, 2.45) is 0 Å². The molecule has 0 saturated carbocycles. The fourth-order valence-corrected chi connectivity index (χ4v) is 2.28. The summed E-state index contributed by atoms with van der Waals surface area (Å²) in [6.07, 6.45) is 2.96. The lowest BCUT2D eigenvalue weighted by atomic mass is 10.3. The van der Waals surface area contributed by atoms with Crippen molar-refractivity contribution in [3.63, 3.8) is 0 Å². The van der Waals surface area contributed by atoms with Crippen molar-refractivity contribution in [3.05, 3.63) is 72.4 Å². The quantitative estimate of drug-likeness (QED) is 0.676. The molecule has 6 nitrogen and oxygen atoms in total. The number of hydrogen-bond acceptors (Lipinski definition) is 5. The van der Waals surface area contributed by atoms with E-state index in [2.05, 4.69) is 20.6 Å². The summed E-state index contributed by atoms with van der Waals surface area (Å²) in [6.45, 7) is 3.94. The molecule has 1 heterocycles. The third kappa shape index (κ3) is 5.24. The molecule has 27 heavy (non-hydrogen) atoms. The molecular formula is C20H19FN4O2. The van der Waals surface area contributed by atoms with Gasteiger partial charge in [0.05, 0.1) is 18.5 Å². The molecule has 2 aromatic carbocycles. The zero-order valence-corrected chi connectivity index (χ0v) is 14.9. The van der Waals surface area contributed by atoms with Gasteiger partial charge in [0.2, 0.25) is 0 Å². The maximum Gasteiger partial charge on any atom is 0.275 e. The van der Waals surface area contributed by atoms with Gasteiger partial charge in [-0.1, -0.05) is 0 Å². The lowest BCUT2D eigenvalue weighted by molar-refractivity contribution is 0.102. The zero-order valence-electron chi connectivity index (χ0n) is 14.9. The zero-order chi connectivity index (χ0) is 19.2. The van der Waals surface area contributed by atoms with Crippen LogP contribution in [0.4, 0.5) is 21.6 Å². The van der Waals surface area contributed by atoms with Crippen molar-refractivity contribution in [3.8, 4) is 5.75 Å². The summed E-state index contributed by atoms with van der Waals surface area (Å²) in [5.74, 6) is 0.503. The molecule has 0 radical (unpaired) electrons. The molecule has 3 rings (SSSR count). The first-order chi connectivity index (χ1) is 13.0. The van der Waals surface area contributed by atoms with Crippen molar-refractivity contribution in [2.45, 2.75) is 20.0 Å². The van der Waals surface area contributed by atoms with E-state index in [1.807, 2.05) is 38.1 Å². The van der Waals surface area contributed by atoms with Crippen LogP contribution in [-0.2, 0) is 0 Å². The number of nitrogens with one attached hydrogen (secondary N) is 2. The van der Waals surface area contributed by atoms with E-state index >= 15 is 0 Å². The number of amides is 1. The molecule has 0 atom stereocenters. The number of halogens is 1. The maximum atomic E-state index is 12.9. The molecule has 7 heteroatoms. The van der Waals surface area contributed by atoms with Crippen LogP contribution in [-0.4, -0.2) is 22.0 Å². The average Bonchev–Trinajstić information content (AvgIpc) is 2.65. The normalized spacial score (nSPS) is 10.5. The van der Waals surface area contributed by atoms with Crippen molar-refractivity contribution in [2.75, 3.05) is 10.6 Å². The number of nitrogens with zero attached hydrogens (tertiary/aromatic N) is 2. The Hall–Kier alpha value is -3.48. The Kier molecular flexibility index (Phi) is 5.61. The van der Waals surface area contributed by atoms with Crippen LogP contribution >= 0.6 is 0 Å². The van der Waals surface area contributed by atoms with Crippen LogP contribution in [0, 0.1) is 5.82 Å². The van der Waals surface area contributed by atoms with E-state index in [9.17, 15) is 9.18 Å². The summed E-state index contributed by atoms with van der Waals surface area (Å²) in [5.41, 5.74) is 1.46. The highest BCUT2D eigenvalue weighted by Crippen LogP contribution is 2.19. The van der Waals surface area contributed by atoms with E-state index in [-0.39, 0.29) is 17.6 Å². The van der Waals surface area contributed by atoms with Crippen LogP contribution in [0.15, 0.2) is 60.9 Å².